The molecule has 2 aromatic rings. The number of nitrogen functional groups attached to an aromatic ring is 1. The number of anilines is 1. The van der Waals surface area contributed by atoms with Crippen molar-refractivity contribution >= 4 is 31.5 Å². The highest BCUT2D eigenvalue weighted by atomic mass is 32.2. The van der Waals surface area contributed by atoms with Gasteiger partial charge in [0.1, 0.15) is 9.84 Å². The van der Waals surface area contributed by atoms with E-state index in [0.29, 0.717) is 12.1 Å². The smallest absolute Gasteiger partial charge is 0.243 e. The van der Waals surface area contributed by atoms with Crippen LogP contribution in [0.2, 0.25) is 0 Å². The first-order valence-corrected chi connectivity index (χ1v) is 15.7. The lowest BCUT2D eigenvalue weighted by atomic mass is 10.00. The number of hydrogen-bond donors (Lipinski definition) is 3. The number of carbonyl (C=O) groups excluding carboxylic acids is 1. The van der Waals surface area contributed by atoms with Crippen LogP contribution in [-0.2, 0) is 31.1 Å². The van der Waals surface area contributed by atoms with E-state index in [1.807, 2.05) is 44.2 Å². The van der Waals surface area contributed by atoms with Crippen molar-refractivity contribution in [1.82, 2.24) is 9.62 Å². The van der Waals surface area contributed by atoms with Gasteiger partial charge in [0.15, 0.2) is 0 Å². The molecule has 206 valence electrons. The highest BCUT2D eigenvalue weighted by molar-refractivity contribution is 7.90. The van der Waals surface area contributed by atoms with E-state index >= 15 is 0 Å². The molecule has 0 aromatic heterocycles. The largest absolute Gasteiger partial charge is 0.399 e. The van der Waals surface area contributed by atoms with Gasteiger partial charge in [0.2, 0.25) is 15.9 Å². The zero-order valence-electron chi connectivity index (χ0n) is 21.9. The van der Waals surface area contributed by atoms with Gasteiger partial charge in [-0.2, -0.15) is 4.31 Å². The molecule has 4 N–H and O–H groups in total. The average molecular weight is 554 g/mol. The molecular formula is C26H39N3O6S2. The molecule has 0 spiro atoms. The number of hydrogen-bond acceptors (Lipinski definition) is 7. The van der Waals surface area contributed by atoms with E-state index in [-0.39, 0.29) is 36.1 Å². The maximum Gasteiger partial charge on any atom is 0.243 e. The molecule has 11 heteroatoms. The minimum atomic E-state index is -3.96. The molecule has 0 fully saturated rings. The predicted octanol–water partition coefficient (Wildman–Crippen LogP) is 2.07. The number of nitrogens with zero attached hydrogens (tertiary/aromatic N) is 1. The highest BCUT2D eigenvalue weighted by Gasteiger charge is 2.32. The number of aliphatic hydroxyl groups is 1. The van der Waals surface area contributed by atoms with Crippen LogP contribution in [0, 0.1) is 11.8 Å². The third-order valence-corrected chi connectivity index (χ3v) is 8.94. The molecule has 2 aromatic carbocycles. The summed E-state index contributed by atoms with van der Waals surface area (Å²) < 4.78 is 51.6. The molecule has 0 saturated carbocycles. The van der Waals surface area contributed by atoms with Crippen LogP contribution in [0.25, 0.3) is 0 Å². The normalized spacial score (nSPS) is 14.9. The lowest BCUT2D eigenvalue weighted by Gasteiger charge is -2.31. The summed E-state index contributed by atoms with van der Waals surface area (Å²) in [5.41, 5.74) is 6.98. The molecule has 0 aliphatic rings. The predicted molar refractivity (Wildman–Crippen MR) is 146 cm³/mol. The molecule has 37 heavy (non-hydrogen) atoms. The van der Waals surface area contributed by atoms with Crippen LogP contribution in [0.4, 0.5) is 5.69 Å². The van der Waals surface area contributed by atoms with E-state index in [2.05, 4.69) is 5.32 Å². The van der Waals surface area contributed by atoms with E-state index < -0.39 is 43.8 Å². The summed E-state index contributed by atoms with van der Waals surface area (Å²) >= 11 is 0. The molecule has 3 atom stereocenters. The van der Waals surface area contributed by atoms with Crippen molar-refractivity contribution in [2.75, 3.05) is 30.8 Å². The van der Waals surface area contributed by atoms with E-state index in [4.69, 9.17) is 5.73 Å². The van der Waals surface area contributed by atoms with Crippen LogP contribution < -0.4 is 11.1 Å². The third kappa shape index (κ3) is 10.1. The molecule has 0 heterocycles. The van der Waals surface area contributed by atoms with Gasteiger partial charge in [-0.15, -0.1) is 0 Å². The minimum Gasteiger partial charge on any atom is -0.399 e. The van der Waals surface area contributed by atoms with E-state index in [9.17, 15) is 26.7 Å². The molecule has 0 saturated heterocycles. The Morgan fingerprint density at radius 2 is 1.59 bits per heavy atom. The molecule has 0 aliphatic heterocycles. The molecule has 2 rings (SSSR count). The topological polar surface area (TPSA) is 147 Å². The first-order chi connectivity index (χ1) is 17.2. The second-order valence-electron chi connectivity index (χ2n) is 9.98. The van der Waals surface area contributed by atoms with Crippen LogP contribution >= 0.6 is 0 Å². The SMILES string of the molecule is CC(C)CCN(C[C@@H](O)[C@H](Cc1ccccc1)NC(=O)[C@H](C)CS(C)(=O)=O)S(=O)(=O)c1ccc(N)cc1. The Kier molecular flexibility index (Phi) is 11.1. The lowest BCUT2D eigenvalue weighted by Crippen LogP contribution is -2.52. The van der Waals surface area contributed by atoms with Crippen LogP contribution in [0.3, 0.4) is 0 Å². The summed E-state index contributed by atoms with van der Waals surface area (Å²) in [6, 6.07) is 14.2. The second kappa shape index (κ2) is 13.4. The van der Waals surface area contributed by atoms with Crippen LogP contribution in [0.15, 0.2) is 59.5 Å². The van der Waals surface area contributed by atoms with Gasteiger partial charge in [0.05, 0.1) is 22.8 Å². The van der Waals surface area contributed by atoms with Crippen molar-refractivity contribution < 1.29 is 26.7 Å². The van der Waals surface area contributed by atoms with E-state index in [1.54, 1.807) is 0 Å². The van der Waals surface area contributed by atoms with E-state index in [0.717, 1.165) is 11.8 Å². The third-order valence-electron chi connectivity index (χ3n) is 5.96. The average Bonchev–Trinajstić information content (AvgIpc) is 2.80. The van der Waals surface area contributed by atoms with Crippen molar-refractivity contribution in [3.8, 4) is 0 Å². The summed E-state index contributed by atoms with van der Waals surface area (Å²) in [7, 11) is -7.35. The Labute approximate surface area is 221 Å². The van der Waals surface area contributed by atoms with Gasteiger partial charge in [-0.05, 0) is 48.6 Å². The molecule has 0 unspecified atom stereocenters. The lowest BCUT2D eigenvalue weighted by molar-refractivity contribution is -0.125. The summed E-state index contributed by atoms with van der Waals surface area (Å²) in [5, 5.41) is 14.0. The number of carbonyl (C=O) groups is 1. The van der Waals surface area contributed by atoms with E-state index in [1.165, 1.54) is 35.5 Å². The summed E-state index contributed by atoms with van der Waals surface area (Å²) in [5.74, 6) is -1.48. The standard InChI is InChI=1S/C26H39N3O6S2/c1-19(2)14-15-29(37(34,35)23-12-10-22(27)11-13-23)17-25(30)24(16-21-8-6-5-7-9-21)28-26(31)20(3)18-36(4,32)33/h5-13,19-20,24-25,30H,14-18,27H2,1-4H3,(H,28,31)/t20-,24+,25-/m1/s1. The van der Waals surface area contributed by atoms with Gasteiger partial charge in [-0.1, -0.05) is 51.1 Å². The number of sulfonamides is 1. The van der Waals surface area contributed by atoms with Gasteiger partial charge < -0.3 is 16.2 Å². The molecule has 9 nitrogen and oxygen atoms in total. The zero-order chi connectivity index (χ0) is 27.8. The van der Waals surface area contributed by atoms with Gasteiger partial charge in [-0.25, -0.2) is 16.8 Å². The number of benzene rings is 2. The van der Waals surface area contributed by atoms with Gasteiger partial charge >= 0.3 is 0 Å². The zero-order valence-corrected chi connectivity index (χ0v) is 23.5. The molecule has 1 amide bonds. The number of nitrogens with two attached hydrogens (primary N) is 1. The van der Waals surface area contributed by atoms with Crippen molar-refractivity contribution in [3.05, 3.63) is 60.2 Å². The Balaban J connectivity index is 2.33. The van der Waals surface area contributed by atoms with Crippen LogP contribution in [0.5, 0.6) is 0 Å². The summed E-state index contributed by atoms with van der Waals surface area (Å²) in [6.07, 6.45) is 0.605. The first-order valence-electron chi connectivity index (χ1n) is 12.2. The highest BCUT2D eigenvalue weighted by Crippen LogP contribution is 2.20. The van der Waals surface area contributed by atoms with Gasteiger partial charge in [-0.3, -0.25) is 4.79 Å². The number of sulfone groups is 1. The number of aliphatic hydroxyl groups excluding tert-OH is 1. The monoisotopic (exact) mass is 553 g/mol. The fraction of sp³-hybridized carbons (Fsp3) is 0.500. The number of amides is 1. The van der Waals surface area contributed by atoms with Gasteiger partial charge in [0, 0.05) is 31.0 Å². The number of nitrogens with one attached hydrogen (secondary N) is 1. The van der Waals surface area contributed by atoms with Crippen molar-refractivity contribution in [2.24, 2.45) is 11.8 Å². The first kappa shape index (κ1) is 30.8. The second-order valence-corrected chi connectivity index (χ2v) is 14.1. The van der Waals surface area contributed by atoms with Crippen molar-refractivity contribution in [1.29, 1.82) is 0 Å². The maximum absolute atomic E-state index is 13.5. The fourth-order valence-electron chi connectivity index (χ4n) is 3.84. The molecule has 0 aliphatic carbocycles. The molecule has 0 radical (unpaired) electrons. The molecular weight excluding hydrogens is 514 g/mol. The van der Waals surface area contributed by atoms with Gasteiger partial charge in [0.25, 0.3) is 0 Å². The number of rotatable bonds is 14. The quantitative estimate of drug-likeness (QED) is 0.304. The summed E-state index contributed by atoms with van der Waals surface area (Å²) in [4.78, 5) is 12.9. The fourth-order valence-corrected chi connectivity index (χ4v) is 6.38. The Morgan fingerprint density at radius 1 is 1.00 bits per heavy atom. The van der Waals surface area contributed by atoms with Crippen LogP contribution in [0.1, 0.15) is 32.8 Å². The molecule has 0 bridgehead atoms. The van der Waals surface area contributed by atoms with Crippen LogP contribution in [-0.4, -0.2) is 69.4 Å². The Bertz CT molecular complexity index is 1220. The Morgan fingerprint density at radius 3 is 2.14 bits per heavy atom. The summed E-state index contributed by atoms with van der Waals surface area (Å²) in [6.45, 7) is 5.39. The van der Waals surface area contributed by atoms with Crippen molar-refractivity contribution in [2.45, 2.75) is 50.7 Å². The van der Waals surface area contributed by atoms with Crippen molar-refractivity contribution in [3.63, 3.8) is 0 Å². The maximum atomic E-state index is 13.5. The Hall–Kier alpha value is -2.47. The minimum absolute atomic E-state index is 0.0584.